The number of nitrogens with zero attached hydrogens (tertiary/aromatic N) is 2. The summed E-state index contributed by atoms with van der Waals surface area (Å²) in [5, 5.41) is 4.44. The highest BCUT2D eigenvalue weighted by molar-refractivity contribution is 7.15. The first-order valence-corrected chi connectivity index (χ1v) is 8.04. The number of anilines is 1. The van der Waals surface area contributed by atoms with E-state index in [2.05, 4.69) is 46.4 Å². The Morgan fingerprint density at radius 1 is 1.20 bits per heavy atom. The molecule has 0 spiro atoms. The van der Waals surface area contributed by atoms with E-state index in [0.29, 0.717) is 6.04 Å². The summed E-state index contributed by atoms with van der Waals surface area (Å²) < 4.78 is 0. The highest BCUT2D eigenvalue weighted by Gasteiger charge is 2.17. The van der Waals surface area contributed by atoms with Crippen LogP contribution in [-0.4, -0.2) is 25.1 Å². The standard InChI is InChI=1S/C16H21N3S/c1-12(17-2)15-11-18-16(20-15)19-9-7-13-5-3-4-6-14(13)8-10-19/h3-6,11-12,17H,7-10H2,1-2H3. The highest BCUT2D eigenvalue weighted by Crippen LogP contribution is 2.28. The third-order valence-electron chi connectivity index (χ3n) is 4.06. The van der Waals surface area contributed by atoms with Crippen LogP contribution in [0, 0.1) is 0 Å². The molecule has 0 saturated carbocycles. The van der Waals surface area contributed by atoms with Gasteiger partial charge in [-0.3, -0.25) is 0 Å². The van der Waals surface area contributed by atoms with Crippen molar-refractivity contribution in [1.29, 1.82) is 0 Å². The second-order valence-corrected chi connectivity index (χ2v) is 6.35. The molecule has 0 saturated heterocycles. The average molecular weight is 287 g/mol. The van der Waals surface area contributed by atoms with Crippen molar-refractivity contribution in [2.75, 3.05) is 25.0 Å². The third kappa shape index (κ3) is 2.72. The lowest BCUT2D eigenvalue weighted by Crippen LogP contribution is -2.25. The fourth-order valence-corrected chi connectivity index (χ4v) is 3.65. The van der Waals surface area contributed by atoms with Crippen molar-refractivity contribution in [1.82, 2.24) is 10.3 Å². The Balaban J connectivity index is 1.75. The number of hydrogen-bond donors (Lipinski definition) is 1. The number of fused-ring (bicyclic) bond motifs is 1. The van der Waals surface area contributed by atoms with Crippen molar-refractivity contribution < 1.29 is 0 Å². The first kappa shape index (κ1) is 13.6. The maximum absolute atomic E-state index is 4.62. The number of aromatic nitrogens is 1. The molecule has 1 N–H and O–H groups in total. The summed E-state index contributed by atoms with van der Waals surface area (Å²) >= 11 is 1.81. The number of rotatable bonds is 3. The van der Waals surface area contributed by atoms with Crippen molar-refractivity contribution in [2.24, 2.45) is 0 Å². The molecule has 2 aromatic rings. The van der Waals surface area contributed by atoms with E-state index < -0.39 is 0 Å². The van der Waals surface area contributed by atoms with Gasteiger partial charge in [0.25, 0.3) is 0 Å². The smallest absolute Gasteiger partial charge is 0.185 e. The molecule has 3 nitrogen and oxygen atoms in total. The average Bonchev–Trinajstić information content (AvgIpc) is 2.87. The molecule has 0 aliphatic carbocycles. The molecule has 1 aliphatic rings. The van der Waals surface area contributed by atoms with Gasteiger partial charge in [0.2, 0.25) is 0 Å². The summed E-state index contributed by atoms with van der Waals surface area (Å²) in [7, 11) is 1.99. The molecule has 1 unspecified atom stereocenters. The Morgan fingerprint density at radius 2 is 1.85 bits per heavy atom. The SMILES string of the molecule is CNC(C)c1cnc(N2CCc3ccccc3CC2)s1. The van der Waals surface area contributed by atoms with Crippen molar-refractivity contribution >= 4 is 16.5 Å². The van der Waals surface area contributed by atoms with E-state index in [-0.39, 0.29) is 0 Å². The first-order valence-electron chi connectivity index (χ1n) is 7.22. The predicted molar refractivity (Wildman–Crippen MR) is 85.7 cm³/mol. The number of nitrogens with one attached hydrogen (secondary N) is 1. The third-order valence-corrected chi connectivity index (χ3v) is 5.30. The quantitative estimate of drug-likeness (QED) is 0.940. The molecule has 1 aliphatic heterocycles. The van der Waals surface area contributed by atoms with E-state index in [9.17, 15) is 0 Å². The van der Waals surface area contributed by atoms with Gasteiger partial charge in [0.1, 0.15) is 0 Å². The van der Waals surface area contributed by atoms with Crippen LogP contribution in [0.1, 0.15) is 29.0 Å². The van der Waals surface area contributed by atoms with E-state index in [0.717, 1.165) is 31.1 Å². The minimum absolute atomic E-state index is 0.380. The lowest BCUT2D eigenvalue weighted by atomic mass is 10.0. The Labute approximate surface area is 124 Å². The van der Waals surface area contributed by atoms with Gasteiger partial charge in [-0.15, -0.1) is 11.3 Å². The Hall–Kier alpha value is -1.39. The summed E-state index contributed by atoms with van der Waals surface area (Å²) in [6, 6.07) is 9.19. The fraction of sp³-hybridized carbons (Fsp3) is 0.438. The molecule has 1 atom stereocenters. The summed E-state index contributed by atoms with van der Waals surface area (Å²) in [4.78, 5) is 8.35. The molecule has 0 amide bonds. The van der Waals surface area contributed by atoms with Crippen molar-refractivity contribution in [3.8, 4) is 0 Å². The van der Waals surface area contributed by atoms with Crippen LogP contribution in [0.25, 0.3) is 0 Å². The molecule has 0 radical (unpaired) electrons. The summed E-state index contributed by atoms with van der Waals surface area (Å²) in [6.45, 7) is 4.31. The topological polar surface area (TPSA) is 28.2 Å². The lowest BCUT2D eigenvalue weighted by molar-refractivity contribution is 0.662. The van der Waals surface area contributed by atoms with Crippen LogP contribution in [0.3, 0.4) is 0 Å². The van der Waals surface area contributed by atoms with E-state index in [1.165, 1.54) is 16.0 Å². The molecule has 106 valence electrons. The van der Waals surface area contributed by atoms with Crippen LogP contribution in [0.4, 0.5) is 5.13 Å². The van der Waals surface area contributed by atoms with E-state index in [1.54, 1.807) is 0 Å². The molecule has 2 heterocycles. The van der Waals surface area contributed by atoms with Gasteiger partial charge in [-0.2, -0.15) is 0 Å². The van der Waals surface area contributed by atoms with Crippen molar-refractivity contribution in [3.05, 3.63) is 46.5 Å². The Morgan fingerprint density at radius 3 is 2.45 bits per heavy atom. The fourth-order valence-electron chi connectivity index (χ4n) is 2.62. The van der Waals surface area contributed by atoms with Crippen molar-refractivity contribution in [2.45, 2.75) is 25.8 Å². The van der Waals surface area contributed by atoms with Crippen LogP contribution in [0.2, 0.25) is 0 Å². The summed E-state index contributed by atoms with van der Waals surface area (Å²) in [6.07, 6.45) is 4.25. The van der Waals surface area contributed by atoms with Crippen LogP contribution >= 0.6 is 11.3 Å². The molecule has 0 fully saturated rings. The van der Waals surface area contributed by atoms with Crippen LogP contribution in [-0.2, 0) is 12.8 Å². The van der Waals surface area contributed by atoms with Crippen LogP contribution in [0.5, 0.6) is 0 Å². The Kier molecular flexibility index (Phi) is 4.03. The lowest BCUT2D eigenvalue weighted by Gasteiger charge is -2.18. The molecule has 4 heteroatoms. The molecule has 0 bridgehead atoms. The molecule has 3 rings (SSSR count). The number of thiazole rings is 1. The van der Waals surface area contributed by atoms with Gasteiger partial charge >= 0.3 is 0 Å². The maximum Gasteiger partial charge on any atom is 0.185 e. The second kappa shape index (κ2) is 5.94. The predicted octanol–water partition coefficient (Wildman–Crippen LogP) is 3.03. The molecular weight excluding hydrogens is 266 g/mol. The number of hydrogen-bond acceptors (Lipinski definition) is 4. The molecule has 20 heavy (non-hydrogen) atoms. The van der Waals surface area contributed by atoms with Gasteiger partial charge < -0.3 is 10.2 Å². The zero-order valence-corrected chi connectivity index (χ0v) is 12.9. The largest absolute Gasteiger partial charge is 0.347 e. The minimum atomic E-state index is 0.380. The second-order valence-electron chi connectivity index (χ2n) is 5.31. The summed E-state index contributed by atoms with van der Waals surface area (Å²) in [5.74, 6) is 0. The van der Waals surface area contributed by atoms with E-state index in [1.807, 2.05) is 24.6 Å². The zero-order chi connectivity index (χ0) is 13.9. The van der Waals surface area contributed by atoms with E-state index >= 15 is 0 Å². The van der Waals surface area contributed by atoms with Crippen LogP contribution in [0.15, 0.2) is 30.5 Å². The van der Waals surface area contributed by atoms with Gasteiger partial charge in [-0.25, -0.2) is 4.98 Å². The van der Waals surface area contributed by atoms with Gasteiger partial charge in [-0.05, 0) is 37.9 Å². The highest BCUT2D eigenvalue weighted by atomic mass is 32.1. The first-order chi connectivity index (χ1) is 9.78. The Bertz CT molecular complexity index is 552. The number of benzene rings is 1. The molecule has 1 aromatic carbocycles. The zero-order valence-electron chi connectivity index (χ0n) is 12.1. The van der Waals surface area contributed by atoms with Gasteiger partial charge in [-0.1, -0.05) is 24.3 Å². The minimum Gasteiger partial charge on any atom is -0.347 e. The monoisotopic (exact) mass is 287 g/mol. The van der Waals surface area contributed by atoms with Gasteiger partial charge in [0, 0.05) is 30.2 Å². The normalized spacial score (nSPS) is 16.6. The van der Waals surface area contributed by atoms with Gasteiger partial charge in [0.05, 0.1) is 0 Å². The maximum atomic E-state index is 4.62. The van der Waals surface area contributed by atoms with Crippen molar-refractivity contribution in [3.63, 3.8) is 0 Å². The molecular formula is C16H21N3S. The van der Waals surface area contributed by atoms with Gasteiger partial charge in [0.15, 0.2) is 5.13 Å². The van der Waals surface area contributed by atoms with Crippen LogP contribution < -0.4 is 10.2 Å². The molecule has 1 aromatic heterocycles. The summed E-state index contributed by atoms with van der Waals surface area (Å²) in [5.41, 5.74) is 2.99. The van der Waals surface area contributed by atoms with E-state index in [4.69, 9.17) is 0 Å².